The van der Waals surface area contributed by atoms with E-state index in [1.54, 1.807) is 0 Å². The SMILES string of the molecule is CCN(CC)CC1CCC(=O)CC1. The van der Waals surface area contributed by atoms with E-state index in [1.807, 2.05) is 0 Å². The van der Waals surface area contributed by atoms with Crippen molar-refractivity contribution in [3.05, 3.63) is 0 Å². The Labute approximate surface area is 81.3 Å². The second kappa shape index (κ2) is 5.38. The molecule has 0 unspecified atom stereocenters. The van der Waals surface area contributed by atoms with E-state index >= 15 is 0 Å². The molecule has 0 heterocycles. The molecule has 0 radical (unpaired) electrons. The number of hydrogen-bond acceptors (Lipinski definition) is 2. The number of ketones is 1. The number of nitrogens with zero attached hydrogens (tertiary/aromatic N) is 1. The summed E-state index contributed by atoms with van der Waals surface area (Å²) >= 11 is 0. The van der Waals surface area contributed by atoms with E-state index in [0.29, 0.717) is 5.78 Å². The number of carbonyl (C=O) groups excluding carboxylic acids is 1. The maximum absolute atomic E-state index is 11.0. The van der Waals surface area contributed by atoms with Gasteiger partial charge in [0, 0.05) is 19.4 Å². The summed E-state index contributed by atoms with van der Waals surface area (Å²) in [4.78, 5) is 13.5. The summed E-state index contributed by atoms with van der Waals surface area (Å²) < 4.78 is 0. The molecular weight excluding hydrogens is 162 g/mol. The van der Waals surface area contributed by atoms with Crippen LogP contribution < -0.4 is 0 Å². The van der Waals surface area contributed by atoms with Crippen molar-refractivity contribution in [1.82, 2.24) is 4.90 Å². The van der Waals surface area contributed by atoms with Crippen LogP contribution in [0, 0.1) is 5.92 Å². The zero-order valence-electron chi connectivity index (χ0n) is 8.88. The predicted molar refractivity (Wildman–Crippen MR) is 54.8 cm³/mol. The van der Waals surface area contributed by atoms with Crippen LogP contribution >= 0.6 is 0 Å². The first kappa shape index (κ1) is 10.7. The molecule has 1 fully saturated rings. The molecule has 0 bridgehead atoms. The standard InChI is InChI=1S/C11H21NO/c1-3-12(4-2)9-10-5-7-11(13)8-6-10/h10H,3-9H2,1-2H3. The van der Waals surface area contributed by atoms with Crippen LogP contribution in [0.3, 0.4) is 0 Å². The molecule has 1 rings (SSSR count). The maximum Gasteiger partial charge on any atom is 0.132 e. The van der Waals surface area contributed by atoms with Crippen molar-refractivity contribution in [2.24, 2.45) is 5.92 Å². The van der Waals surface area contributed by atoms with Gasteiger partial charge in [-0.05, 0) is 31.8 Å². The number of Topliss-reactive ketones (excluding diaryl/α,β-unsaturated/α-hetero) is 1. The van der Waals surface area contributed by atoms with Crippen molar-refractivity contribution in [2.75, 3.05) is 19.6 Å². The minimum Gasteiger partial charge on any atom is -0.304 e. The third-order valence-corrected chi connectivity index (χ3v) is 3.07. The smallest absolute Gasteiger partial charge is 0.132 e. The van der Waals surface area contributed by atoms with E-state index in [1.165, 1.54) is 6.54 Å². The Hall–Kier alpha value is -0.370. The molecule has 0 amide bonds. The summed E-state index contributed by atoms with van der Waals surface area (Å²) in [5, 5.41) is 0. The molecule has 0 aromatic carbocycles. The predicted octanol–water partition coefficient (Wildman–Crippen LogP) is 2.09. The molecular formula is C11H21NO. The number of rotatable bonds is 4. The summed E-state index contributed by atoms with van der Waals surface area (Å²) in [5.41, 5.74) is 0. The lowest BCUT2D eigenvalue weighted by Crippen LogP contribution is -2.31. The first-order valence-corrected chi connectivity index (χ1v) is 5.50. The molecule has 1 aliphatic carbocycles. The Morgan fingerprint density at radius 1 is 1.23 bits per heavy atom. The molecule has 1 saturated carbocycles. The van der Waals surface area contributed by atoms with Crippen LogP contribution in [-0.4, -0.2) is 30.3 Å². The van der Waals surface area contributed by atoms with Gasteiger partial charge >= 0.3 is 0 Å². The van der Waals surface area contributed by atoms with Gasteiger partial charge < -0.3 is 4.90 Å². The van der Waals surface area contributed by atoms with Crippen molar-refractivity contribution < 1.29 is 4.79 Å². The van der Waals surface area contributed by atoms with E-state index in [0.717, 1.165) is 44.7 Å². The van der Waals surface area contributed by atoms with Gasteiger partial charge in [-0.25, -0.2) is 0 Å². The summed E-state index contributed by atoms with van der Waals surface area (Å²) in [7, 11) is 0. The lowest BCUT2D eigenvalue weighted by atomic mass is 9.88. The van der Waals surface area contributed by atoms with Gasteiger partial charge in [0.15, 0.2) is 0 Å². The molecule has 1 aliphatic rings. The van der Waals surface area contributed by atoms with Crippen LogP contribution in [-0.2, 0) is 4.79 Å². The summed E-state index contributed by atoms with van der Waals surface area (Å²) in [6, 6.07) is 0. The highest BCUT2D eigenvalue weighted by atomic mass is 16.1. The van der Waals surface area contributed by atoms with E-state index in [-0.39, 0.29) is 0 Å². The summed E-state index contributed by atoms with van der Waals surface area (Å²) in [5.74, 6) is 1.24. The molecule has 0 spiro atoms. The number of carbonyl (C=O) groups is 1. The van der Waals surface area contributed by atoms with Crippen LogP contribution in [0.1, 0.15) is 39.5 Å². The first-order chi connectivity index (χ1) is 6.26. The highest BCUT2D eigenvalue weighted by molar-refractivity contribution is 5.79. The Kier molecular flexibility index (Phi) is 4.43. The van der Waals surface area contributed by atoms with Crippen LogP contribution in [0.2, 0.25) is 0 Å². The monoisotopic (exact) mass is 183 g/mol. The second-order valence-corrected chi connectivity index (χ2v) is 3.97. The highest BCUT2D eigenvalue weighted by Gasteiger charge is 2.19. The average molecular weight is 183 g/mol. The minimum atomic E-state index is 0.468. The van der Waals surface area contributed by atoms with Gasteiger partial charge in [0.2, 0.25) is 0 Å². The van der Waals surface area contributed by atoms with Crippen molar-refractivity contribution in [2.45, 2.75) is 39.5 Å². The molecule has 0 N–H and O–H groups in total. The van der Waals surface area contributed by atoms with Crippen LogP contribution in [0.25, 0.3) is 0 Å². The van der Waals surface area contributed by atoms with Gasteiger partial charge in [-0.2, -0.15) is 0 Å². The largest absolute Gasteiger partial charge is 0.304 e. The van der Waals surface area contributed by atoms with Gasteiger partial charge in [0.1, 0.15) is 5.78 Å². The van der Waals surface area contributed by atoms with E-state index in [2.05, 4.69) is 18.7 Å². The van der Waals surface area contributed by atoms with Crippen LogP contribution in [0.15, 0.2) is 0 Å². The fourth-order valence-electron chi connectivity index (χ4n) is 2.03. The van der Waals surface area contributed by atoms with E-state index in [9.17, 15) is 4.79 Å². The zero-order valence-corrected chi connectivity index (χ0v) is 8.88. The van der Waals surface area contributed by atoms with Gasteiger partial charge in [-0.15, -0.1) is 0 Å². The van der Waals surface area contributed by atoms with Gasteiger partial charge in [0.05, 0.1) is 0 Å². The molecule has 0 aromatic rings. The third kappa shape index (κ3) is 3.47. The van der Waals surface area contributed by atoms with Crippen molar-refractivity contribution in [3.8, 4) is 0 Å². The first-order valence-electron chi connectivity index (χ1n) is 5.50. The van der Waals surface area contributed by atoms with E-state index in [4.69, 9.17) is 0 Å². The average Bonchev–Trinajstić information content (AvgIpc) is 2.17. The highest BCUT2D eigenvalue weighted by Crippen LogP contribution is 2.22. The minimum absolute atomic E-state index is 0.468. The Balaban J connectivity index is 2.24. The zero-order chi connectivity index (χ0) is 9.68. The molecule has 0 atom stereocenters. The molecule has 0 aliphatic heterocycles. The molecule has 76 valence electrons. The lowest BCUT2D eigenvalue weighted by molar-refractivity contribution is -0.121. The Morgan fingerprint density at radius 2 is 1.77 bits per heavy atom. The van der Waals surface area contributed by atoms with E-state index < -0.39 is 0 Å². The maximum atomic E-state index is 11.0. The Bertz CT molecular complexity index is 153. The fraction of sp³-hybridized carbons (Fsp3) is 0.909. The number of hydrogen-bond donors (Lipinski definition) is 0. The van der Waals surface area contributed by atoms with Gasteiger partial charge in [0.25, 0.3) is 0 Å². The molecule has 0 aromatic heterocycles. The molecule has 2 heteroatoms. The normalized spacial score (nSPS) is 19.8. The molecule has 2 nitrogen and oxygen atoms in total. The lowest BCUT2D eigenvalue weighted by Gasteiger charge is -2.27. The van der Waals surface area contributed by atoms with Gasteiger partial charge in [-0.3, -0.25) is 4.79 Å². The summed E-state index contributed by atoms with van der Waals surface area (Å²) in [6.45, 7) is 7.89. The van der Waals surface area contributed by atoms with Crippen molar-refractivity contribution in [3.63, 3.8) is 0 Å². The topological polar surface area (TPSA) is 20.3 Å². The molecule has 0 saturated heterocycles. The summed E-state index contributed by atoms with van der Waals surface area (Å²) in [6.07, 6.45) is 3.89. The van der Waals surface area contributed by atoms with Crippen molar-refractivity contribution in [1.29, 1.82) is 0 Å². The third-order valence-electron chi connectivity index (χ3n) is 3.07. The van der Waals surface area contributed by atoms with Gasteiger partial charge in [-0.1, -0.05) is 13.8 Å². The Morgan fingerprint density at radius 3 is 2.23 bits per heavy atom. The second-order valence-electron chi connectivity index (χ2n) is 3.97. The van der Waals surface area contributed by atoms with Crippen LogP contribution in [0.4, 0.5) is 0 Å². The fourth-order valence-corrected chi connectivity index (χ4v) is 2.03. The van der Waals surface area contributed by atoms with Crippen LogP contribution in [0.5, 0.6) is 0 Å². The van der Waals surface area contributed by atoms with Crippen molar-refractivity contribution >= 4 is 5.78 Å². The molecule has 13 heavy (non-hydrogen) atoms. The quantitative estimate of drug-likeness (QED) is 0.665.